The summed E-state index contributed by atoms with van der Waals surface area (Å²) in [6.45, 7) is 4.25. The van der Waals surface area contributed by atoms with Crippen LogP contribution in [0.2, 0.25) is 5.02 Å². The summed E-state index contributed by atoms with van der Waals surface area (Å²) in [7, 11) is 3.19. The topological polar surface area (TPSA) is 74.2 Å². The number of methoxy groups -OCH3 is 2. The number of allylic oxidation sites excluding steroid dienone is 2. The van der Waals surface area contributed by atoms with E-state index in [1.807, 2.05) is 37.3 Å². The second kappa shape index (κ2) is 12.2. The molecule has 0 saturated heterocycles. The van der Waals surface area contributed by atoms with Crippen LogP contribution in [0.15, 0.2) is 58.7 Å². The van der Waals surface area contributed by atoms with Gasteiger partial charge in [-0.15, -0.1) is 0 Å². The third-order valence-electron chi connectivity index (χ3n) is 6.93. The summed E-state index contributed by atoms with van der Waals surface area (Å²) in [5.41, 5.74) is 3.85. The zero-order valence-electron chi connectivity index (χ0n) is 21.6. The Morgan fingerprint density at radius 2 is 1.76 bits per heavy atom. The fourth-order valence-electron chi connectivity index (χ4n) is 5.17. The van der Waals surface area contributed by atoms with Gasteiger partial charge in [-0.1, -0.05) is 36.7 Å². The summed E-state index contributed by atoms with van der Waals surface area (Å²) >= 11 is 7.88. The fourth-order valence-corrected chi connectivity index (χ4v) is 5.79. The fraction of sp³-hybridized carbons (Fsp3) is 0.414. The number of aliphatic imine (C=N–C) groups is 1. The maximum Gasteiger partial charge on any atom is 0.315 e. The van der Waals surface area contributed by atoms with E-state index in [2.05, 4.69) is 6.92 Å². The van der Waals surface area contributed by atoms with Crippen molar-refractivity contribution >= 4 is 40.8 Å². The van der Waals surface area contributed by atoms with Crippen molar-refractivity contribution in [3.05, 3.63) is 69.9 Å². The summed E-state index contributed by atoms with van der Waals surface area (Å²) in [5, 5.41) is 0.596. The lowest BCUT2D eigenvalue weighted by atomic mass is 9.69. The van der Waals surface area contributed by atoms with E-state index in [9.17, 15) is 9.59 Å². The smallest absolute Gasteiger partial charge is 0.315 e. The predicted octanol–water partition coefficient (Wildman–Crippen LogP) is 6.23. The number of ketones is 1. The van der Waals surface area contributed by atoms with Gasteiger partial charge >= 0.3 is 5.97 Å². The van der Waals surface area contributed by atoms with Crippen molar-refractivity contribution in [2.45, 2.75) is 38.5 Å². The highest BCUT2D eigenvalue weighted by molar-refractivity contribution is 7.99. The Morgan fingerprint density at radius 3 is 2.43 bits per heavy atom. The highest BCUT2D eigenvalue weighted by Crippen LogP contribution is 2.47. The minimum absolute atomic E-state index is 0.00317. The molecule has 8 heteroatoms. The molecular formula is C29H32ClNO5S. The molecular weight excluding hydrogens is 510 g/mol. The number of Topliss-reactive ketones (excluding diaryl/α,β-unsaturated/α-hetero) is 1. The first kappa shape index (κ1) is 27.3. The number of thioether (sulfide) groups is 1. The Labute approximate surface area is 227 Å². The number of carbonyl (C=O) groups excluding carboxylic acids is 2. The Hall–Kier alpha value is -2.77. The average molecular weight is 542 g/mol. The van der Waals surface area contributed by atoms with Crippen LogP contribution < -0.4 is 9.47 Å². The molecule has 2 aromatic rings. The first-order chi connectivity index (χ1) is 17.9. The molecule has 6 nitrogen and oxygen atoms in total. The summed E-state index contributed by atoms with van der Waals surface area (Å²) in [5.74, 6) is 1.43. The Balaban J connectivity index is 1.70. The van der Waals surface area contributed by atoms with Crippen molar-refractivity contribution in [1.82, 2.24) is 0 Å². The third-order valence-corrected chi connectivity index (χ3v) is 8.04. The zero-order chi connectivity index (χ0) is 26.5. The molecule has 4 rings (SSSR count). The van der Waals surface area contributed by atoms with Crippen LogP contribution in [0, 0.1) is 5.92 Å². The van der Waals surface area contributed by atoms with E-state index in [0.717, 1.165) is 28.3 Å². The van der Waals surface area contributed by atoms with E-state index in [1.54, 1.807) is 38.1 Å². The zero-order valence-corrected chi connectivity index (χ0v) is 23.2. The lowest BCUT2D eigenvalue weighted by Crippen LogP contribution is -2.38. The van der Waals surface area contributed by atoms with E-state index in [-0.39, 0.29) is 17.7 Å². The second-order valence-electron chi connectivity index (χ2n) is 9.13. The number of rotatable bonds is 9. The molecule has 0 aromatic heterocycles. The lowest BCUT2D eigenvalue weighted by Gasteiger charge is -2.36. The third kappa shape index (κ3) is 5.88. The van der Waals surface area contributed by atoms with Crippen LogP contribution in [0.5, 0.6) is 11.5 Å². The van der Waals surface area contributed by atoms with E-state index >= 15 is 0 Å². The molecule has 0 fully saturated rings. The van der Waals surface area contributed by atoms with Gasteiger partial charge in [-0.05, 0) is 60.4 Å². The van der Waals surface area contributed by atoms with Gasteiger partial charge < -0.3 is 14.2 Å². The largest absolute Gasteiger partial charge is 0.493 e. The molecule has 196 valence electrons. The second-order valence-corrected chi connectivity index (χ2v) is 11.0. The quantitative estimate of drug-likeness (QED) is 0.277. The van der Waals surface area contributed by atoms with Gasteiger partial charge in [0.15, 0.2) is 17.3 Å². The van der Waals surface area contributed by atoms with E-state index in [1.165, 1.54) is 0 Å². The first-order valence-corrected chi connectivity index (χ1v) is 13.9. The minimum atomic E-state index is -0.659. The van der Waals surface area contributed by atoms with Crippen LogP contribution in [-0.2, 0) is 14.3 Å². The van der Waals surface area contributed by atoms with Crippen molar-refractivity contribution in [3.63, 3.8) is 0 Å². The molecule has 0 N–H and O–H groups in total. The molecule has 37 heavy (non-hydrogen) atoms. The van der Waals surface area contributed by atoms with Crippen molar-refractivity contribution in [1.29, 1.82) is 0 Å². The molecule has 2 aliphatic rings. The van der Waals surface area contributed by atoms with Crippen LogP contribution in [-0.4, -0.2) is 49.8 Å². The molecule has 0 radical (unpaired) electrons. The Morgan fingerprint density at radius 1 is 1.05 bits per heavy atom. The molecule has 1 heterocycles. The van der Waals surface area contributed by atoms with Crippen molar-refractivity contribution < 1.29 is 23.8 Å². The predicted molar refractivity (Wildman–Crippen MR) is 148 cm³/mol. The molecule has 0 bridgehead atoms. The molecule has 0 saturated carbocycles. The van der Waals surface area contributed by atoms with E-state index in [4.69, 9.17) is 30.8 Å². The van der Waals surface area contributed by atoms with E-state index < -0.39 is 11.8 Å². The number of halogens is 1. The number of hydrogen-bond acceptors (Lipinski definition) is 7. The van der Waals surface area contributed by atoms with Crippen LogP contribution in [0.25, 0.3) is 0 Å². The number of nitrogens with zero attached hydrogens (tertiary/aromatic N) is 1. The number of carbonyl (C=O) groups is 2. The van der Waals surface area contributed by atoms with Crippen LogP contribution in [0.3, 0.4) is 0 Å². The highest BCUT2D eigenvalue weighted by Gasteiger charge is 2.44. The maximum absolute atomic E-state index is 13.7. The summed E-state index contributed by atoms with van der Waals surface area (Å²) < 4.78 is 16.5. The van der Waals surface area contributed by atoms with Crippen LogP contribution in [0.1, 0.15) is 49.7 Å². The molecule has 1 aliphatic carbocycles. The van der Waals surface area contributed by atoms with Gasteiger partial charge in [0.05, 0.1) is 14.2 Å². The number of hydrogen-bond donors (Lipinski definition) is 0. The normalized spacial score (nSPS) is 21.3. The monoisotopic (exact) mass is 541 g/mol. The van der Waals surface area contributed by atoms with Gasteiger partial charge in [0.25, 0.3) is 0 Å². The standard InChI is InChI=1S/C29H32ClNO5S/c1-5-37-13-12-36-29(33)26-17(2)31-22-14-20(19-8-11-24(34-3)25(16-19)35-4)15-23(32)28(22)27(26)18-6-9-21(30)10-7-18/h6-11,16,20,26-27H,5,12-15H2,1-4H3. The number of esters is 1. The molecule has 0 amide bonds. The van der Waals surface area contributed by atoms with Gasteiger partial charge in [0.2, 0.25) is 0 Å². The molecule has 3 unspecified atom stereocenters. The highest BCUT2D eigenvalue weighted by atomic mass is 35.5. The molecule has 2 aromatic carbocycles. The van der Waals surface area contributed by atoms with Crippen molar-refractivity contribution in [3.8, 4) is 11.5 Å². The SMILES string of the molecule is CCSCCOC(=O)C1C(C)=NC2=C(C(=O)CC(c3ccc(OC)c(OC)c3)C2)C1c1ccc(Cl)cc1. The Bertz CT molecular complexity index is 1220. The van der Waals surface area contributed by atoms with Gasteiger partial charge in [-0.2, -0.15) is 11.8 Å². The van der Waals surface area contributed by atoms with Crippen molar-refractivity contribution in [2.24, 2.45) is 10.9 Å². The van der Waals surface area contributed by atoms with Crippen LogP contribution >= 0.6 is 23.4 Å². The van der Waals surface area contributed by atoms with Crippen molar-refractivity contribution in [2.75, 3.05) is 32.3 Å². The molecule has 3 atom stereocenters. The minimum Gasteiger partial charge on any atom is -0.493 e. The maximum atomic E-state index is 13.7. The summed E-state index contributed by atoms with van der Waals surface area (Å²) in [6.07, 6.45) is 0.911. The van der Waals surface area contributed by atoms with Crippen LogP contribution in [0.4, 0.5) is 0 Å². The summed E-state index contributed by atoms with van der Waals surface area (Å²) in [6, 6.07) is 13.1. The van der Waals surface area contributed by atoms with Gasteiger partial charge in [0.1, 0.15) is 12.5 Å². The van der Waals surface area contributed by atoms with Gasteiger partial charge in [-0.3, -0.25) is 14.6 Å². The van der Waals surface area contributed by atoms with Gasteiger partial charge in [-0.25, -0.2) is 0 Å². The van der Waals surface area contributed by atoms with E-state index in [0.29, 0.717) is 47.3 Å². The Kier molecular flexibility index (Phi) is 8.98. The molecule has 0 spiro atoms. The first-order valence-electron chi connectivity index (χ1n) is 12.4. The molecule has 1 aliphatic heterocycles. The lowest BCUT2D eigenvalue weighted by molar-refractivity contribution is -0.145. The number of benzene rings is 2. The average Bonchev–Trinajstić information content (AvgIpc) is 2.90. The van der Waals surface area contributed by atoms with Gasteiger partial charge in [0, 0.05) is 40.1 Å². The summed E-state index contributed by atoms with van der Waals surface area (Å²) in [4.78, 5) is 31.9. The number of ether oxygens (including phenoxy) is 3.